The van der Waals surface area contributed by atoms with E-state index in [-0.39, 0.29) is 43.4 Å². The minimum atomic E-state index is -1.37. The van der Waals surface area contributed by atoms with E-state index in [0.717, 1.165) is 0 Å². The van der Waals surface area contributed by atoms with E-state index in [0.29, 0.717) is 17.8 Å². The summed E-state index contributed by atoms with van der Waals surface area (Å²) in [4.78, 5) is 56.3. The lowest BCUT2D eigenvalue weighted by molar-refractivity contribution is -0.395. The van der Waals surface area contributed by atoms with Gasteiger partial charge >= 0.3 is 23.3 Å². The number of nitrogens with one attached hydrogen (secondary N) is 1. The zero-order valence-corrected chi connectivity index (χ0v) is 21.8. The molecule has 0 radical (unpaired) electrons. The van der Waals surface area contributed by atoms with Gasteiger partial charge in [0.1, 0.15) is 24.7 Å². The van der Waals surface area contributed by atoms with Crippen LogP contribution in [0.1, 0.15) is 20.8 Å². The summed E-state index contributed by atoms with van der Waals surface area (Å²) in [7, 11) is 1.32. The van der Waals surface area contributed by atoms with Gasteiger partial charge in [-0.1, -0.05) is 0 Å². The van der Waals surface area contributed by atoms with Crippen LogP contribution in [0.25, 0.3) is 0 Å². The molecule has 0 heterocycles. The number of methoxy groups -OCH3 is 1. The van der Waals surface area contributed by atoms with E-state index >= 15 is 0 Å². The molecule has 2 rings (SSSR count). The summed E-state index contributed by atoms with van der Waals surface area (Å²) in [5.74, 6) is -2.75. The number of halogens is 1. The van der Waals surface area contributed by atoms with Gasteiger partial charge < -0.3 is 24.4 Å². The Hall–Kier alpha value is -5.22. The van der Waals surface area contributed by atoms with Crippen molar-refractivity contribution in [2.24, 2.45) is 10.2 Å². The molecular formula is C23H25FN6O10. The standard InChI is InChI=1S/C23H25FN6O10/c1-13(31)25-17-10-22(28(5-7-39-14(2)32)6-8-40-15(3)33)23(38-4)11-18(17)26-27-19-9-16(24)20(29(34)35)12-21(19)30(36)37/h9-12H,5-8H2,1-4H3,(H,25,31)/b27-26+. The Morgan fingerprint density at radius 3 is 1.93 bits per heavy atom. The number of hydrogen-bond donors (Lipinski definition) is 1. The lowest BCUT2D eigenvalue weighted by Crippen LogP contribution is -2.32. The molecule has 0 saturated heterocycles. The largest absolute Gasteiger partial charge is 0.494 e. The molecule has 0 unspecified atom stereocenters. The van der Waals surface area contributed by atoms with Gasteiger partial charge in [-0.2, -0.15) is 4.39 Å². The molecule has 0 atom stereocenters. The van der Waals surface area contributed by atoms with E-state index in [9.17, 15) is 39.0 Å². The normalized spacial score (nSPS) is 10.6. The summed E-state index contributed by atoms with van der Waals surface area (Å²) >= 11 is 0. The second-order valence-electron chi connectivity index (χ2n) is 7.90. The van der Waals surface area contributed by atoms with Crippen LogP contribution in [-0.4, -0.2) is 61.1 Å². The maximum atomic E-state index is 14.2. The topological polar surface area (TPSA) is 205 Å². The number of nitro benzene ring substituents is 2. The monoisotopic (exact) mass is 564 g/mol. The molecule has 0 saturated carbocycles. The Labute approximate surface area is 226 Å². The fourth-order valence-corrected chi connectivity index (χ4v) is 3.31. The number of amides is 1. The van der Waals surface area contributed by atoms with Crippen LogP contribution in [0.4, 0.5) is 38.5 Å². The van der Waals surface area contributed by atoms with Gasteiger partial charge in [-0.05, 0) is 6.07 Å². The molecule has 40 heavy (non-hydrogen) atoms. The molecular weight excluding hydrogens is 539 g/mol. The molecule has 0 bridgehead atoms. The Kier molecular flexibility index (Phi) is 10.9. The van der Waals surface area contributed by atoms with Crippen molar-refractivity contribution in [3.8, 4) is 5.75 Å². The number of hydrogen-bond acceptors (Lipinski definition) is 13. The highest BCUT2D eigenvalue weighted by Crippen LogP contribution is 2.41. The summed E-state index contributed by atoms with van der Waals surface area (Å²) in [6, 6.07) is 3.67. The number of benzene rings is 2. The lowest BCUT2D eigenvalue weighted by atomic mass is 10.2. The number of ether oxygens (including phenoxy) is 3. The number of nitro groups is 2. The van der Waals surface area contributed by atoms with Crippen molar-refractivity contribution in [1.82, 2.24) is 0 Å². The zero-order chi connectivity index (χ0) is 30.0. The van der Waals surface area contributed by atoms with Crippen molar-refractivity contribution in [3.63, 3.8) is 0 Å². The summed E-state index contributed by atoms with van der Waals surface area (Å²) in [5, 5.41) is 32.5. The maximum absolute atomic E-state index is 14.2. The van der Waals surface area contributed by atoms with E-state index in [4.69, 9.17) is 14.2 Å². The second kappa shape index (κ2) is 14.1. The van der Waals surface area contributed by atoms with Crippen LogP contribution < -0.4 is 15.0 Å². The Bertz CT molecular complexity index is 1330. The van der Waals surface area contributed by atoms with Gasteiger partial charge in [0.15, 0.2) is 5.69 Å². The number of anilines is 2. The first-order chi connectivity index (χ1) is 18.8. The highest BCUT2D eigenvalue weighted by atomic mass is 19.1. The van der Waals surface area contributed by atoms with E-state index < -0.39 is 50.6 Å². The third-order valence-corrected chi connectivity index (χ3v) is 4.98. The van der Waals surface area contributed by atoms with Gasteiger partial charge in [0.25, 0.3) is 0 Å². The van der Waals surface area contributed by atoms with Crippen LogP contribution in [0.15, 0.2) is 34.5 Å². The first kappa shape index (κ1) is 31.0. The van der Waals surface area contributed by atoms with Crippen molar-refractivity contribution in [3.05, 3.63) is 50.3 Å². The van der Waals surface area contributed by atoms with Gasteiger partial charge in [0.05, 0.1) is 47.5 Å². The van der Waals surface area contributed by atoms with Crippen molar-refractivity contribution >= 4 is 52.0 Å². The van der Waals surface area contributed by atoms with E-state index in [1.54, 1.807) is 4.90 Å². The van der Waals surface area contributed by atoms with Crippen molar-refractivity contribution in [1.29, 1.82) is 0 Å². The fourth-order valence-electron chi connectivity index (χ4n) is 3.31. The fraction of sp³-hybridized carbons (Fsp3) is 0.348. The number of rotatable bonds is 13. The molecule has 0 aliphatic carbocycles. The Balaban J connectivity index is 2.60. The van der Waals surface area contributed by atoms with Crippen molar-refractivity contribution in [2.75, 3.05) is 43.6 Å². The molecule has 0 aliphatic rings. The second-order valence-corrected chi connectivity index (χ2v) is 7.90. The predicted octanol–water partition coefficient (Wildman–Crippen LogP) is 3.96. The molecule has 17 heteroatoms. The van der Waals surface area contributed by atoms with Gasteiger partial charge in [0, 0.05) is 32.9 Å². The third-order valence-electron chi connectivity index (χ3n) is 4.98. The molecule has 2 aromatic carbocycles. The van der Waals surface area contributed by atoms with Crippen LogP contribution in [0.5, 0.6) is 5.75 Å². The van der Waals surface area contributed by atoms with Gasteiger partial charge in [-0.25, -0.2) is 0 Å². The van der Waals surface area contributed by atoms with E-state index in [1.165, 1.54) is 40.0 Å². The molecule has 214 valence electrons. The SMILES string of the molecule is COc1cc(/N=N/c2cc(F)c([N+](=O)[O-])cc2[N+](=O)[O-])c(NC(C)=O)cc1N(CCOC(C)=O)CCOC(C)=O. The first-order valence-corrected chi connectivity index (χ1v) is 11.4. The van der Waals surface area contributed by atoms with Crippen molar-refractivity contribution in [2.45, 2.75) is 20.8 Å². The highest BCUT2D eigenvalue weighted by molar-refractivity contribution is 5.94. The molecule has 0 fully saturated rings. The van der Waals surface area contributed by atoms with E-state index in [1.807, 2.05) is 0 Å². The zero-order valence-electron chi connectivity index (χ0n) is 21.8. The molecule has 1 N–H and O–H groups in total. The number of esters is 2. The lowest BCUT2D eigenvalue weighted by Gasteiger charge is -2.27. The van der Waals surface area contributed by atoms with Crippen LogP contribution >= 0.6 is 0 Å². The van der Waals surface area contributed by atoms with Crippen LogP contribution in [-0.2, 0) is 23.9 Å². The minimum absolute atomic E-state index is 0.0368. The van der Waals surface area contributed by atoms with Crippen LogP contribution in [0.3, 0.4) is 0 Å². The number of nitrogens with zero attached hydrogens (tertiary/aromatic N) is 5. The Morgan fingerprint density at radius 1 is 0.900 bits per heavy atom. The Morgan fingerprint density at radius 2 is 1.45 bits per heavy atom. The smallest absolute Gasteiger partial charge is 0.311 e. The summed E-state index contributed by atoms with van der Waals surface area (Å²) in [6.07, 6.45) is 0. The highest BCUT2D eigenvalue weighted by Gasteiger charge is 2.25. The van der Waals surface area contributed by atoms with Gasteiger partial charge in [0.2, 0.25) is 11.7 Å². The number of carbonyl (C=O) groups excluding carboxylic acids is 3. The number of azo groups is 1. The average molecular weight is 564 g/mol. The van der Waals surface area contributed by atoms with Gasteiger partial charge in [-0.3, -0.25) is 34.6 Å². The molecule has 2 aromatic rings. The van der Waals surface area contributed by atoms with Gasteiger partial charge in [-0.15, -0.1) is 10.2 Å². The summed E-state index contributed by atoms with van der Waals surface area (Å²) in [6.45, 7) is 3.87. The quantitative estimate of drug-likeness (QED) is 0.159. The van der Waals surface area contributed by atoms with E-state index in [2.05, 4.69) is 15.5 Å². The van der Waals surface area contributed by atoms with Crippen molar-refractivity contribution < 1.29 is 42.8 Å². The summed E-state index contributed by atoms with van der Waals surface area (Å²) < 4.78 is 29.6. The summed E-state index contributed by atoms with van der Waals surface area (Å²) in [5.41, 5.74) is -2.25. The predicted molar refractivity (Wildman–Crippen MR) is 137 cm³/mol. The molecule has 0 spiro atoms. The molecule has 16 nitrogen and oxygen atoms in total. The average Bonchev–Trinajstić information content (AvgIpc) is 2.85. The minimum Gasteiger partial charge on any atom is -0.494 e. The molecule has 0 aromatic heterocycles. The molecule has 1 amide bonds. The van der Waals surface area contributed by atoms with Crippen LogP contribution in [0, 0.1) is 26.0 Å². The molecule has 0 aliphatic heterocycles. The third kappa shape index (κ3) is 8.67. The maximum Gasteiger partial charge on any atom is 0.311 e. The first-order valence-electron chi connectivity index (χ1n) is 11.4. The number of carbonyl (C=O) groups is 3. The van der Waals surface area contributed by atoms with Crippen LogP contribution in [0.2, 0.25) is 0 Å².